The van der Waals surface area contributed by atoms with Gasteiger partial charge in [0.2, 0.25) is 0 Å². The van der Waals surface area contributed by atoms with E-state index in [1.165, 1.54) is 11.2 Å². The molecular weight excluding hydrogens is 180 g/mol. The van der Waals surface area contributed by atoms with Crippen molar-refractivity contribution in [3.8, 4) is 0 Å². The maximum Gasteiger partial charge on any atom is 0.269 e. The molecule has 0 saturated heterocycles. The predicted octanol–water partition coefficient (Wildman–Crippen LogP) is 0.660. The van der Waals surface area contributed by atoms with Crippen LogP contribution in [0.25, 0.3) is 11.0 Å². The smallest absolute Gasteiger partial charge is 0.269 e. The van der Waals surface area contributed by atoms with E-state index in [1.54, 1.807) is 26.4 Å². The largest absolute Gasteiger partial charge is 0.344 e. The van der Waals surface area contributed by atoms with Crippen molar-refractivity contribution in [1.82, 2.24) is 19.9 Å². The molecule has 0 spiro atoms. The first-order valence-electron chi connectivity index (χ1n) is 4.19. The monoisotopic (exact) mass is 190 g/mol. The lowest BCUT2D eigenvalue weighted by atomic mass is 10.3. The molecule has 5 heteroatoms. The molecule has 1 N–H and O–H groups in total. The minimum absolute atomic E-state index is 0.0667. The number of H-pyrrole nitrogens is 1. The van der Waals surface area contributed by atoms with Crippen LogP contribution in [0, 0.1) is 0 Å². The fourth-order valence-corrected chi connectivity index (χ4v) is 1.23. The van der Waals surface area contributed by atoms with E-state index in [-0.39, 0.29) is 5.91 Å². The van der Waals surface area contributed by atoms with Crippen molar-refractivity contribution in [2.45, 2.75) is 0 Å². The zero-order valence-electron chi connectivity index (χ0n) is 7.98. The average molecular weight is 190 g/mol. The van der Waals surface area contributed by atoms with Gasteiger partial charge in [0.25, 0.3) is 5.91 Å². The molecular formula is C9H10N4O. The molecule has 0 unspecified atom stereocenters. The van der Waals surface area contributed by atoms with E-state index in [2.05, 4.69) is 15.0 Å². The summed E-state index contributed by atoms with van der Waals surface area (Å²) in [6.45, 7) is 0. The highest BCUT2D eigenvalue weighted by Crippen LogP contribution is 2.11. The van der Waals surface area contributed by atoms with Crippen LogP contribution in [0.4, 0.5) is 0 Å². The standard InChI is InChI=1S/C9H10N4O/c1-13(2)9(14)7-3-6-4-10-5-11-8(6)12-7/h3-5H,1-2H3,(H,10,11,12). The molecule has 0 aromatic carbocycles. The van der Waals surface area contributed by atoms with Crippen LogP contribution in [0.5, 0.6) is 0 Å². The van der Waals surface area contributed by atoms with Gasteiger partial charge in [-0.05, 0) is 6.07 Å². The number of amides is 1. The number of aromatic nitrogens is 3. The topological polar surface area (TPSA) is 61.9 Å². The molecule has 0 aliphatic rings. The second kappa shape index (κ2) is 3.10. The molecule has 0 aliphatic carbocycles. The van der Waals surface area contributed by atoms with E-state index in [0.717, 1.165) is 5.39 Å². The fraction of sp³-hybridized carbons (Fsp3) is 0.222. The van der Waals surface area contributed by atoms with Crippen LogP contribution < -0.4 is 0 Å². The third kappa shape index (κ3) is 1.32. The lowest BCUT2D eigenvalue weighted by molar-refractivity contribution is 0.0823. The maximum absolute atomic E-state index is 11.6. The number of nitrogens with zero attached hydrogens (tertiary/aromatic N) is 3. The van der Waals surface area contributed by atoms with Gasteiger partial charge < -0.3 is 9.88 Å². The second-order valence-electron chi connectivity index (χ2n) is 3.21. The number of hydrogen-bond donors (Lipinski definition) is 1. The molecule has 0 atom stereocenters. The van der Waals surface area contributed by atoms with Gasteiger partial charge in [-0.3, -0.25) is 4.79 Å². The van der Waals surface area contributed by atoms with Crippen LogP contribution in [0.15, 0.2) is 18.6 Å². The van der Waals surface area contributed by atoms with Gasteiger partial charge in [0, 0.05) is 25.7 Å². The highest BCUT2D eigenvalue weighted by atomic mass is 16.2. The van der Waals surface area contributed by atoms with Crippen LogP contribution in [-0.2, 0) is 0 Å². The van der Waals surface area contributed by atoms with Gasteiger partial charge in [0.1, 0.15) is 17.7 Å². The Morgan fingerprint density at radius 2 is 2.29 bits per heavy atom. The zero-order chi connectivity index (χ0) is 10.1. The molecule has 0 bridgehead atoms. The Balaban J connectivity index is 2.50. The molecule has 0 radical (unpaired) electrons. The van der Waals surface area contributed by atoms with Crippen LogP contribution in [0.3, 0.4) is 0 Å². The van der Waals surface area contributed by atoms with Crippen LogP contribution in [0.2, 0.25) is 0 Å². The first kappa shape index (κ1) is 8.68. The first-order chi connectivity index (χ1) is 6.68. The molecule has 1 amide bonds. The molecule has 5 nitrogen and oxygen atoms in total. The Morgan fingerprint density at radius 1 is 1.50 bits per heavy atom. The summed E-state index contributed by atoms with van der Waals surface area (Å²) in [6.07, 6.45) is 3.12. The van der Waals surface area contributed by atoms with Gasteiger partial charge in [-0.25, -0.2) is 9.97 Å². The highest BCUT2D eigenvalue weighted by molar-refractivity contribution is 5.96. The molecule has 2 rings (SSSR count). The molecule has 2 aromatic rings. The molecule has 72 valence electrons. The number of hydrogen-bond acceptors (Lipinski definition) is 3. The van der Waals surface area contributed by atoms with Gasteiger partial charge in [-0.2, -0.15) is 0 Å². The van der Waals surface area contributed by atoms with Gasteiger partial charge in [0.15, 0.2) is 0 Å². The Hall–Kier alpha value is -1.91. The van der Waals surface area contributed by atoms with Gasteiger partial charge in [-0.15, -0.1) is 0 Å². The summed E-state index contributed by atoms with van der Waals surface area (Å²) in [5, 5.41) is 0.845. The summed E-state index contributed by atoms with van der Waals surface area (Å²) in [4.78, 5) is 23.9. The van der Waals surface area contributed by atoms with Crippen molar-refractivity contribution in [1.29, 1.82) is 0 Å². The normalized spacial score (nSPS) is 10.4. The Kier molecular flexibility index (Phi) is 1.92. The number of carbonyl (C=O) groups is 1. The summed E-state index contributed by atoms with van der Waals surface area (Å²) in [5.74, 6) is -0.0667. The third-order valence-electron chi connectivity index (χ3n) is 1.93. The van der Waals surface area contributed by atoms with Gasteiger partial charge in [0.05, 0.1) is 0 Å². The minimum Gasteiger partial charge on any atom is -0.344 e. The summed E-state index contributed by atoms with van der Waals surface area (Å²) in [7, 11) is 3.42. The van der Waals surface area contributed by atoms with E-state index in [4.69, 9.17) is 0 Å². The fourth-order valence-electron chi connectivity index (χ4n) is 1.23. The van der Waals surface area contributed by atoms with Crippen LogP contribution in [-0.4, -0.2) is 39.9 Å². The van der Waals surface area contributed by atoms with Crippen LogP contribution in [0.1, 0.15) is 10.5 Å². The van der Waals surface area contributed by atoms with Crippen molar-refractivity contribution in [3.63, 3.8) is 0 Å². The lowest BCUT2D eigenvalue weighted by Gasteiger charge is -2.07. The molecule has 0 fully saturated rings. The van der Waals surface area contributed by atoms with E-state index in [9.17, 15) is 4.79 Å². The Bertz CT molecular complexity index is 441. The average Bonchev–Trinajstić information content (AvgIpc) is 2.59. The number of nitrogens with one attached hydrogen (secondary N) is 1. The van der Waals surface area contributed by atoms with Gasteiger partial charge >= 0.3 is 0 Å². The number of rotatable bonds is 1. The molecule has 0 saturated carbocycles. The maximum atomic E-state index is 11.6. The van der Waals surface area contributed by atoms with Gasteiger partial charge in [-0.1, -0.05) is 0 Å². The molecule has 14 heavy (non-hydrogen) atoms. The zero-order valence-corrected chi connectivity index (χ0v) is 7.98. The number of carbonyl (C=O) groups excluding carboxylic acids is 1. The van der Waals surface area contributed by atoms with Crippen molar-refractivity contribution in [2.24, 2.45) is 0 Å². The number of aromatic amines is 1. The summed E-state index contributed by atoms with van der Waals surface area (Å²) >= 11 is 0. The van der Waals surface area contributed by atoms with E-state index >= 15 is 0 Å². The van der Waals surface area contributed by atoms with Crippen LogP contribution >= 0.6 is 0 Å². The third-order valence-corrected chi connectivity index (χ3v) is 1.93. The van der Waals surface area contributed by atoms with E-state index in [1.807, 2.05) is 0 Å². The highest BCUT2D eigenvalue weighted by Gasteiger charge is 2.11. The van der Waals surface area contributed by atoms with Crippen molar-refractivity contribution >= 4 is 16.9 Å². The predicted molar refractivity (Wildman–Crippen MR) is 51.9 cm³/mol. The van der Waals surface area contributed by atoms with Crippen molar-refractivity contribution < 1.29 is 4.79 Å². The van der Waals surface area contributed by atoms with Crippen molar-refractivity contribution in [3.05, 3.63) is 24.3 Å². The minimum atomic E-state index is -0.0667. The molecule has 0 aliphatic heterocycles. The van der Waals surface area contributed by atoms with Crippen molar-refractivity contribution in [2.75, 3.05) is 14.1 Å². The SMILES string of the molecule is CN(C)C(=O)c1cc2cncnc2[nH]1. The molecule has 2 aromatic heterocycles. The first-order valence-corrected chi connectivity index (χ1v) is 4.19. The molecule has 2 heterocycles. The Labute approximate surface area is 80.8 Å². The summed E-state index contributed by atoms with van der Waals surface area (Å²) < 4.78 is 0. The number of fused-ring (bicyclic) bond motifs is 1. The van der Waals surface area contributed by atoms with E-state index in [0.29, 0.717) is 11.3 Å². The summed E-state index contributed by atoms with van der Waals surface area (Å²) in [5.41, 5.74) is 1.22. The lowest BCUT2D eigenvalue weighted by Crippen LogP contribution is -2.21. The Morgan fingerprint density at radius 3 is 2.93 bits per heavy atom. The quantitative estimate of drug-likeness (QED) is 0.718. The van der Waals surface area contributed by atoms with E-state index < -0.39 is 0 Å². The summed E-state index contributed by atoms with van der Waals surface area (Å²) in [6, 6.07) is 1.75. The second-order valence-corrected chi connectivity index (χ2v) is 3.21.